The third-order valence-electron chi connectivity index (χ3n) is 2.98. The van der Waals surface area contributed by atoms with Crippen LogP contribution in [0.2, 0.25) is 5.02 Å². The summed E-state index contributed by atoms with van der Waals surface area (Å²) in [6.45, 7) is 1.88. The Morgan fingerprint density at radius 1 is 1.27 bits per heavy atom. The van der Waals surface area contributed by atoms with E-state index < -0.39 is 5.91 Å². The fourth-order valence-electron chi connectivity index (χ4n) is 1.83. The SMILES string of the molecule is Cc1cc(Br)ccc1NC(=O)/C(C#N)=C/c1ccc(Cl)cc1. The van der Waals surface area contributed by atoms with Crippen LogP contribution in [0.3, 0.4) is 0 Å². The number of carbonyl (C=O) groups is 1. The molecule has 0 aliphatic rings. The molecule has 22 heavy (non-hydrogen) atoms. The lowest BCUT2D eigenvalue weighted by molar-refractivity contribution is -0.112. The first kappa shape index (κ1) is 16.3. The molecule has 2 aromatic carbocycles. The number of nitrogens with one attached hydrogen (secondary N) is 1. The summed E-state index contributed by atoms with van der Waals surface area (Å²) in [5.74, 6) is -0.442. The average Bonchev–Trinajstić information content (AvgIpc) is 2.49. The number of aryl methyl sites for hydroxylation is 1. The molecule has 0 atom stereocenters. The maximum atomic E-state index is 12.2. The Labute approximate surface area is 142 Å². The molecule has 5 heteroatoms. The van der Waals surface area contributed by atoms with Crippen LogP contribution in [-0.2, 0) is 4.79 Å². The molecular formula is C17H12BrClN2O. The predicted molar refractivity (Wildman–Crippen MR) is 92.6 cm³/mol. The van der Waals surface area contributed by atoms with Crippen molar-refractivity contribution in [2.24, 2.45) is 0 Å². The molecule has 0 aromatic heterocycles. The lowest BCUT2D eigenvalue weighted by Gasteiger charge is -2.08. The molecular weight excluding hydrogens is 364 g/mol. The molecule has 0 spiro atoms. The normalized spacial score (nSPS) is 10.9. The Morgan fingerprint density at radius 3 is 2.55 bits per heavy atom. The minimum atomic E-state index is -0.442. The van der Waals surface area contributed by atoms with E-state index in [-0.39, 0.29) is 5.57 Å². The minimum Gasteiger partial charge on any atom is -0.321 e. The number of rotatable bonds is 3. The molecule has 0 fully saturated rings. The Balaban J connectivity index is 2.22. The first-order valence-electron chi connectivity index (χ1n) is 6.44. The van der Waals surface area contributed by atoms with Crippen LogP contribution in [0.4, 0.5) is 5.69 Å². The van der Waals surface area contributed by atoms with Gasteiger partial charge in [-0.2, -0.15) is 5.26 Å². The van der Waals surface area contributed by atoms with E-state index in [1.165, 1.54) is 6.08 Å². The van der Waals surface area contributed by atoms with Crippen LogP contribution in [0, 0.1) is 18.3 Å². The second-order valence-corrected chi connectivity index (χ2v) is 5.99. The first-order chi connectivity index (χ1) is 10.5. The molecule has 0 heterocycles. The maximum absolute atomic E-state index is 12.2. The Hall–Kier alpha value is -2.09. The van der Waals surface area contributed by atoms with Crippen LogP contribution in [0.25, 0.3) is 6.08 Å². The molecule has 110 valence electrons. The summed E-state index contributed by atoms with van der Waals surface area (Å²) in [6, 6.07) is 14.3. The summed E-state index contributed by atoms with van der Waals surface area (Å²) in [6.07, 6.45) is 1.53. The fraction of sp³-hybridized carbons (Fsp3) is 0.0588. The smallest absolute Gasteiger partial charge is 0.266 e. The minimum absolute atomic E-state index is 0.0321. The molecule has 3 nitrogen and oxygen atoms in total. The number of anilines is 1. The van der Waals surface area contributed by atoms with E-state index in [0.29, 0.717) is 10.7 Å². The maximum Gasteiger partial charge on any atom is 0.266 e. The van der Waals surface area contributed by atoms with Crippen LogP contribution in [0.15, 0.2) is 52.5 Å². The van der Waals surface area contributed by atoms with Crippen molar-refractivity contribution in [3.05, 3.63) is 68.7 Å². The highest BCUT2D eigenvalue weighted by Gasteiger charge is 2.11. The average molecular weight is 376 g/mol. The van der Waals surface area contributed by atoms with Crippen molar-refractivity contribution in [2.45, 2.75) is 6.92 Å². The largest absolute Gasteiger partial charge is 0.321 e. The van der Waals surface area contributed by atoms with Crippen molar-refractivity contribution in [2.75, 3.05) is 5.32 Å². The Kier molecular flexibility index (Phi) is 5.37. The summed E-state index contributed by atoms with van der Waals surface area (Å²) >= 11 is 9.18. The summed E-state index contributed by atoms with van der Waals surface area (Å²) in [7, 11) is 0. The van der Waals surface area contributed by atoms with E-state index in [1.807, 2.05) is 25.1 Å². The van der Waals surface area contributed by atoms with E-state index in [9.17, 15) is 10.1 Å². The Morgan fingerprint density at radius 2 is 1.95 bits per heavy atom. The zero-order valence-electron chi connectivity index (χ0n) is 11.7. The number of benzene rings is 2. The van der Waals surface area contributed by atoms with Gasteiger partial charge in [-0.3, -0.25) is 4.79 Å². The van der Waals surface area contributed by atoms with Gasteiger partial charge < -0.3 is 5.32 Å². The third-order valence-corrected chi connectivity index (χ3v) is 3.73. The van der Waals surface area contributed by atoms with E-state index in [2.05, 4.69) is 21.2 Å². The number of amides is 1. The number of halogens is 2. The van der Waals surface area contributed by atoms with Gasteiger partial charge in [-0.1, -0.05) is 39.7 Å². The number of nitriles is 1. The second kappa shape index (κ2) is 7.26. The van der Waals surface area contributed by atoms with Gasteiger partial charge in [0.1, 0.15) is 11.6 Å². The molecule has 0 bridgehead atoms. The molecule has 0 radical (unpaired) electrons. The lowest BCUT2D eigenvalue weighted by atomic mass is 10.1. The van der Waals surface area contributed by atoms with Gasteiger partial charge in [-0.15, -0.1) is 0 Å². The molecule has 0 saturated heterocycles. The molecule has 2 rings (SSSR count). The van der Waals surface area contributed by atoms with Crippen LogP contribution < -0.4 is 5.32 Å². The predicted octanol–water partition coefficient (Wildman–Crippen LogP) is 4.96. The topological polar surface area (TPSA) is 52.9 Å². The van der Waals surface area contributed by atoms with E-state index >= 15 is 0 Å². The number of hydrogen-bond acceptors (Lipinski definition) is 2. The van der Waals surface area contributed by atoms with Gasteiger partial charge in [0, 0.05) is 15.2 Å². The molecule has 0 saturated carbocycles. The van der Waals surface area contributed by atoms with Crippen LogP contribution in [-0.4, -0.2) is 5.91 Å². The summed E-state index contributed by atoms with van der Waals surface area (Å²) in [5, 5.41) is 12.5. The highest BCUT2D eigenvalue weighted by molar-refractivity contribution is 9.10. The molecule has 0 aliphatic heterocycles. The number of carbonyl (C=O) groups excluding carboxylic acids is 1. The number of hydrogen-bond donors (Lipinski definition) is 1. The van der Waals surface area contributed by atoms with Gasteiger partial charge in [0.2, 0.25) is 0 Å². The van der Waals surface area contributed by atoms with Gasteiger partial charge in [-0.25, -0.2) is 0 Å². The van der Waals surface area contributed by atoms with E-state index in [4.69, 9.17) is 11.6 Å². The van der Waals surface area contributed by atoms with Crippen LogP contribution >= 0.6 is 27.5 Å². The van der Waals surface area contributed by atoms with Crippen LogP contribution in [0.1, 0.15) is 11.1 Å². The van der Waals surface area contributed by atoms with Crippen molar-refractivity contribution in [1.29, 1.82) is 5.26 Å². The first-order valence-corrected chi connectivity index (χ1v) is 7.61. The van der Waals surface area contributed by atoms with Gasteiger partial charge in [0.05, 0.1) is 0 Å². The zero-order valence-corrected chi connectivity index (χ0v) is 14.1. The van der Waals surface area contributed by atoms with Crippen molar-refractivity contribution >= 4 is 45.2 Å². The van der Waals surface area contributed by atoms with Crippen molar-refractivity contribution < 1.29 is 4.79 Å². The Bertz CT molecular complexity index is 776. The van der Waals surface area contributed by atoms with Crippen LogP contribution in [0.5, 0.6) is 0 Å². The molecule has 2 aromatic rings. The number of nitrogens with zero attached hydrogens (tertiary/aromatic N) is 1. The van der Waals surface area contributed by atoms with Crippen molar-refractivity contribution in [3.63, 3.8) is 0 Å². The third kappa shape index (κ3) is 4.20. The highest BCUT2D eigenvalue weighted by Crippen LogP contribution is 2.21. The molecule has 1 amide bonds. The van der Waals surface area contributed by atoms with Gasteiger partial charge >= 0.3 is 0 Å². The molecule has 0 aliphatic carbocycles. The zero-order chi connectivity index (χ0) is 16.1. The summed E-state index contributed by atoms with van der Waals surface area (Å²) < 4.78 is 0.931. The summed E-state index contributed by atoms with van der Waals surface area (Å²) in [4.78, 5) is 12.2. The van der Waals surface area contributed by atoms with Gasteiger partial charge in [-0.05, 0) is 54.5 Å². The van der Waals surface area contributed by atoms with E-state index in [0.717, 1.165) is 15.6 Å². The lowest BCUT2D eigenvalue weighted by Crippen LogP contribution is -2.14. The molecule has 0 unspecified atom stereocenters. The van der Waals surface area contributed by atoms with E-state index in [1.54, 1.807) is 30.3 Å². The second-order valence-electron chi connectivity index (χ2n) is 4.63. The quantitative estimate of drug-likeness (QED) is 0.609. The van der Waals surface area contributed by atoms with Crippen molar-refractivity contribution in [1.82, 2.24) is 0 Å². The van der Waals surface area contributed by atoms with Crippen molar-refractivity contribution in [3.8, 4) is 6.07 Å². The monoisotopic (exact) mass is 374 g/mol. The van der Waals surface area contributed by atoms with Gasteiger partial charge in [0.25, 0.3) is 5.91 Å². The highest BCUT2D eigenvalue weighted by atomic mass is 79.9. The molecule has 1 N–H and O–H groups in total. The van der Waals surface area contributed by atoms with Gasteiger partial charge in [0.15, 0.2) is 0 Å². The standard InChI is InChI=1S/C17H12BrClN2O/c1-11-8-14(18)4-7-16(11)21-17(22)13(10-20)9-12-2-5-15(19)6-3-12/h2-9H,1H3,(H,21,22)/b13-9+. The fourth-order valence-corrected chi connectivity index (χ4v) is 2.43. The summed E-state index contributed by atoms with van der Waals surface area (Å²) in [5.41, 5.74) is 2.35.